The molecule has 88 valence electrons. The predicted molar refractivity (Wildman–Crippen MR) is 73.1 cm³/mol. The molecule has 0 saturated carbocycles. The van der Waals surface area contributed by atoms with Crippen LogP contribution in [0.2, 0.25) is 5.02 Å². The first-order valence-electron chi connectivity index (χ1n) is 6.18. The Labute approximate surface area is 104 Å². The van der Waals surface area contributed by atoms with Crippen molar-refractivity contribution in [3.8, 4) is 0 Å². The lowest BCUT2D eigenvalue weighted by Gasteiger charge is -2.02. The third-order valence-corrected chi connectivity index (χ3v) is 3.00. The molecular formula is C15H21Cl. The maximum atomic E-state index is 5.93. The minimum absolute atomic E-state index is 0.850. The number of unbranched alkanes of at least 4 members (excludes halogenated alkanes) is 5. The molecule has 1 aromatic rings. The van der Waals surface area contributed by atoms with E-state index in [9.17, 15) is 0 Å². The number of hydrogen-bond donors (Lipinski definition) is 0. The molecule has 0 bridgehead atoms. The molecule has 0 aliphatic rings. The van der Waals surface area contributed by atoms with E-state index in [1.54, 1.807) is 0 Å². The molecule has 0 aliphatic heterocycles. The van der Waals surface area contributed by atoms with Gasteiger partial charge in [0.05, 0.1) is 0 Å². The zero-order valence-electron chi connectivity index (χ0n) is 9.92. The third kappa shape index (κ3) is 5.97. The fourth-order valence-corrected chi connectivity index (χ4v) is 2.05. The topological polar surface area (TPSA) is 0 Å². The second-order valence-electron chi connectivity index (χ2n) is 4.23. The van der Waals surface area contributed by atoms with E-state index in [1.165, 1.54) is 37.7 Å². The van der Waals surface area contributed by atoms with Gasteiger partial charge in [-0.3, -0.25) is 0 Å². The lowest BCUT2D eigenvalue weighted by atomic mass is 10.1. The third-order valence-electron chi connectivity index (χ3n) is 2.76. The van der Waals surface area contributed by atoms with Crippen molar-refractivity contribution in [3.05, 3.63) is 47.5 Å². The van der Waals surface area contributed by atoms with E-state index in [0.29, 0.717) is 0 Å². The lowest BCUT2D eigenvalue weighted by Crippen LogP contribution is -1.86. The van der Waals surface area contributed by atoms with Crippen molar-refractivity contribution in [3.63, 3.8) is 0 Å². The van der Waals surface area contributed by atoms with Crippen molar-refractivity contribution in [2.75, 3.05) is 0 Å². The minimum atomic E-state index is 0.850. The quantitative estimate of drug-likeness (QED) is 0.418. The van der Waals surface area contributed by atoms with Crippen molar-refractivity contribution in [2.24, 2.45) is 0 Å². The van der Waals surface area contributed by atoms with Gasteiger partial charge in [-0.1, -0.05) is 49.1 Å². The number of halogens is 1. The first-order valence-corrected chi connectivity index (χ1v) is 6.56. The first-order chi connectivity index (χ1) is 7.83. The van der Waals surface area contributed by atoms with Gasteiger partial charge in [-0.25, -0.2) is 0 Å². The van der Waals surface area contributed by atoms with Crippen LogP contribution in [0, 0.1) is 0 Å². The van der Waals surface area contributed by atoms with Crippen LogP contribution in [-0.4, -0.2) is 0 Å². The second-order valence-corrected chi connectivity index (χ2v) is 4.66. The minimum Gasteiger partial charge on any atom is -0.103 e. The average molecular weight is 237 g/mol. The molecule has 1 rings (SSSR count). The van der Waals surface area contributed by atoms with Gasteiger partial charge in [0.25, 0.3) is 0 Å². The highest BCUT2D eigenvalue weighted by atomic mass is 35.5. The molecule has 0 aromatic heterocycles. The van der Waals surface area contributed by atoms with Crippen LogP contribution >= 0.6 is 11.6 Å². The summed E-state index contributed by atoms with van der Waals surface area (Å²) in [6, 6.07) is 8.19. The van der Waals surface area contributed by atoms with Crippen molar-refractivity contribution in [1.29, 1.82) is 0 Å². The molecule has 1 heteroatoms. The Morgan fingerprint density at radius 2 is 1.81 bits per heavy atom. The number of rotatable bonds is 8. The summed E-state index contributed by atoms with van der Waals surface area (Å²) in [5, 5.41) is 0.850. The maximum absolute atomic E-state index is 5.93. The summed E-state index contributed by atoms with van der Waals surface area (Å²) in [5.74, 6) is 0. The smallest absolute Gasteiger partial charge is 0.0408 e. The number of aryl methyl sites for hydroxylation is 1. The van der Waals surface area contributed by atoms with Crippen LogP contribution in [0.1, 0.15) is 44.1 Å². The molecule has 0 spiro atoms. The normalized spacial score (nSPS) is 10.3. The molecule has 0 amide bonds. The highest BCUT2D eigenvalue weighted by molar-refractivity contribution is 6.30. The highest BCUT2D eigenvalue weighted by Gasteiger charge is 1.95. The zero-order valence-corrected chi connectivity index (χ0v) is 10.7. The van der Waals surface area contributed by atoms with Crippen LogP contribution in [-0.2, 0) is 6.42 Å². The van der Waals surface area contributed by atoms with Crippen LogP contribution in [0.3, 0.4) is 0 Å². The van der Waals surface area contributed by atoms with Crippen LogP contribution < -0.4 is 0 Å². The van der Waals surface area contributed by atoms with E-state index in [1.807, 2.05) is 18.2 Å². The van der Waals surface area contributed by atoms with Gasteiger partial charge in [-0.15, -0.1) is 6.58 Å². The van der Waals surface area contributed by atoms with Gasteiger partial charge >= 0.3 is 0 Å². The molecular weight excluding hydrogens is 216 g/mol. The first kappa shape index (κ1) is 13.3. The largest absolute Gasteiger partial charge is 0.103 e. The van der Waals surface area contributed by atoms with Crippen molar-refractivity contribution in [1.82, 2.24) is 0 Å². The van der Waals surface area contributed by atoms with E-state index in [0.717, 1.165) is 17.9 Å². The van der Waals surface area contributed by atoms with Gasteiger partial charge in [0, 0.05) is 5.02 Å². The summed E-state index contributed by atoms with van der Waals surface area (Å²) in [7, 11) is 0. The summed E-state index contributed by atoms with van der Waals surface area (Å²) in [6.07, 6.45) is 10.9. The van der Waals surface area contributed by atoms with Crippen molar-refractivity contribution in [2.45, 2.75) is 44.9 Å². The van der Waals surface area contributed by atoms with Crippen LogP contribution in [0.4, 0.5) is 0 Å². The molecule has 0 saturated heterocycles. The van der Waals surface area contributed by atoms with Crippen molar-refractivity contribution < 1.29 is 0 Å². The van der Waals surface area contributed by atoms with Gasteiger partial charge in [-0.2, -0.15) is 0 Å². The molecule has 0 aliphatic carbocycles. The van der Waals surface area contributed by atoms with Gasteiger partial charge in [-0.05, 0) is 43.4 Å². The number of hydrogen-bond acceptors (Lipinski definition) is 0. The molecule has 0 fully saturated rings. The van der Waals surface area contributed by atoms with Gasteiger partial charge in [0.2, 0.25) is 0 Å². The maximum Gasteiger partial charge on any atom is 0.0408 e. The monoisotopic (exact) mass is 236 g/mol. The van der Waals surface area contributed by atoms with Gasteiger partial charge in [0.15, 0.2) is 0 Å². The Morgan fingerprint density at radius 1 is 1.06 bits per heavy atom. The SMILES string of the molecule is C=CCCCCCCCc1cccc(Cl)c1. The molecule has 0 unspecified atom stereocenters. The Bertz CT molecular complexity index is 304. The summed E-state index contributed by atoms with van der Waals surface area (Å²) in [6.45, 7) is 3.73. The summed E-state index contributed by atoms with van der Waals surface area (Å²) in [5.41, 5.74) is 1.36. The van der Waals surface area contributed by atoms with E-state index in [2.05, 4.69) is 18.7 Å². The van der Waals surface area contributed by atoms with Crippen molar-refractivity contribution >= 4 is 11.6 Å². The van der Waals surface area contributed by atoms with Crippen LogP contribution in [0.5, 0.6) is 0 Å². The second kappa shape index (κ2) is 8.41. The Kier molecular flexibility index (Phi) is 7.00. The molecule has 0 heterocycles. The molecule has 0 atom stereocenters. The highest BCUT2D eigenvalue weighted by Crippen LogP contribution is 2.14. The van der Waals surface area contributed by atoms with E-state index < -0.39 is 0 Å². The van der Waals surface area contributed by atoms with E-state index in [4.69, 9.17) is 11.6 Å². The number of allylic oxidation sites excluding steroid dienone is 1. The Hall–Kier alpha value is -0.750. The summed E-state index contributed by atoms with van der Waals surface area (Å²) >= 11 is 5.93. The summed E-state index contributed by atoms with van der Waals surface area (Å²) < 4.78 is 0. The Morgan fingerprint density at radius 3 is 2.56 bits per heavy atom. The summed E-state index contributed by atoms with van der Waals surface area (Å²) in [4.78, 5) is 0. The van der Waals surface area contributed by atoms with E-state index in [-0.39, 0.29) is 0 Å². The van der Waals surface area contributed by atoms with Crippen LogP contribution in [0.25, 0.3) is 0 Å². The zero-order chi connectivity index (χ0) is 11.6. The molecule has 1 aromatic carbocycles. The van der Waals surface area contributed by atoms with E-state index >= 15 is 0 Å². The fraction of sp³-hybridized carbons (Fsp3) is 0.467. The molecule has 16 heavy (non-hydrogen) atoms. The lowest BCUT2D eigenvalue weighted by molar-refractivity contribution is 0.618. The Balaban J connectivity index is 2.05. The molecule has 0 N–H and O–H groups in total. The molecule has 0 radical (unpaired) electrons. The standard InChI is InChI=1S/C15H21Cl/c1-2-3-4-5-6-7-8-10-14-11-9-12-15(16)13-14/h2,9,11-13H,1,3-8,10H2. The molecule has 0 nitrogen and oxygen atoms in total. The van der Waals surface area contributed by atoms with Crippen LogP contribution in [0.15, 0.2) is 36.9 Å². The number of benzene rings is 1. The van der Waals surface area contributed by atoms with Gasteiger partial charge < -0.3 is 0 Å². The van der Waals surface area contributed by atoms with Gasteiger partial charge in [0.1, 0.15) is 0 Å². The fourth-order valence-electron chi connectivity index (χ4n) is 1.84. The predicted octanol–water partition coefficient (Wildman–Crippen LogP) is 5.41. The average Bonchev–Trinajstić information content (AvgIpc) is 2.28.